The summed E-state index contributed by atoms with van der Waals surface area (Å²) < 4.78 is 0. The lowest BCUT2D eigenvalue weighted by atomic mass is 10.3. The Morgan fingerprint density at radius 1 is 0.643 bits per heavy atom. The molecule has 3 aromatic rings. The number of benzene rings is 3. The third-order valence-electron chi connectivity index (χ3n) is 4.86. The second-order valence-electron chi connectivity index (χ2n) is 6.64. The average Bonchev–Trinajstić information content (AvgIpc) is 2.73. The third kappa shape index (κ3) is 6.00. The smallest absolute Gasteiger partial charge is 0.112 e. The van der Waals surface area contributed by atoms with Gasteiger partial charge < -0.3 is 22.3 Å². The molecular weight excluding hydrogens is 493 g/mol. The van der Waals surface area contributed by atoms with Crippen LogP contribution in [0.15, 0.2) is 91.0 Å². The number of nitrogens with one attached hydrogen (secondary N) is 1. The lowest BCUT2D eigenvalue weighted by Gasteiger charge is -2.27. The summed E-state index contributed by atoms with van der Waals surface area (Å²) in [5.41, 5.74) is 0. The van der Waals surface area contributed by atoms with Crippen LogP contribution in [0, 0.1) is 0 Å². The van der Waals surface area contributed by atoms with Gasteiger partial charge in [0.1, 0.15) is 23.2 Å². The normalized spacial score (nSPS) is 10.6. The van der Waals surface area contributed by atoms with Crippen molar-refractivity contribution in [3.8, 4) is 0 Å². The van der Waals surface area contributed by atoms with Crippen LogP contribution in [0.2, 0.25) is 0 Å². The summed E-state index contributed by atoms with van der Waals surface area (Å²) >= 11 is 0. The number of rotatable bonds is 9. The standard InChI is InChI=1S/C24H29NP.2BrH/c1-2-19-25-20-12-21-26(22-13-6-3-7-14-22,23-15-8-4-9-16-23)24-17-10-5-11-18-24;;/h3-11,13-18,25H,2,12,19-21H2,1H3;2*1H/q+1;;/p-1. The average molecular weight is 523 g/mol. The van der Waals surface area contributed by atoms with E-state index in [4.69, 9.17) is 0 Å². The molecule has 3 aromatic carbocycles. The van der Waals surface area contributed by atoms with Gasteiger partial charge in [-0.15, -0.1) is 17.0 Å². The van der Waals surface area contributed by atoms with E-state index >= 15 is 0 Å². The molecule has 150 valence electrons. The molecule has 0 fully saturated rings. The first-order valence-electron chi connectivity index (χ1n) is 9.63. The van der Waals surface area contributed by atoms with Gasteiger partial charge in [-0.3, -0.25) is 0 Å². The molecule has 0 amide bonds. The predicted molar refractivity (Wildman–Crippen MR) is 128 cm³/mol. The highest BCUT2D eigenvalue weighted by molar-refractivity contribution is 8.93. The minimum absolute atomic E-state index is 0. The van der Waals surface area contributed by atoms with Gasteiger partial charge in [-0.2, -0.15) is 0 Å². The highest BCUT2D eigenvalue weighted by Gasteiger charge is 2.44. The minimum atomic E-state index is -1.64. The number of hydrogen-bond donors (Lipinski definition) is 1. The zero-order valence-electron chi connectivity index (χ0n) is 16.4. The van der Waals surface area contributed by atoms with Crippen LogP contribution in [0.25, 0.3) is 0 Å². The molecule has 0 atom stereocenters. The Labute approximate surface area is 191 Å². The van der Waals surface area contributed by atoms with E-state index in [0.29, 0.717) is 0 Å². The van der Waals surface area contributed by atoms with E-state index in [9.17, 15) is 0 Å². The van der Waals surface area contributed by atoms with Crippen molar-refractivity contribution in [3.63, 3.8) is 0 Å². The van der Waals surface area contributed by atoms with Crippen molar-refractivity contribution >= 4 is 40.2 Å². The van der Waals surface area contributed by atoms with Gasteiger partial charge in [0, 0.05) is 0 Å². The topological polar surface area (TPSA) is 12.0 Å². The molecule has 0 saturated carbocycles. The van der Waals surface area contributed by atoms with Crippen molar-refractivity contribution in [1.82, 2.24) is 5.32 Å². The number of hydrogen-bond acceptors (Lipinski definition) is 1. The second kappa shape index (κ2) is 13.3. The molecule has 0 aliphatic carbocycles. The van der Waals surface area contributed by atoms with Crippen molar-refractivity contribution in [2.24, 2.45) is 0 Å². The molecule has 1 N–H and O–H groups in total. The lowest BCUT2D eigenvalue weighted by Crippen LogP contribution is -3.00. The first-order valence-corrected chi connectivity index (χ1v) is 11.6. The SMILES string of the molecule is Br.CCCNCCC[P+](c1ccccc1)(c1ccccc1)c1ccccc1.[Br-]. The van der Waals surface area contributed by atoms with E-state index in [-0.39, 0.29) is 34.0 Å². The first-order chi connectivity index (χ1) is 12.9. The van der Waals surface area contributed by atoms with Crippen LogP contribution in [-0.2, 0) is 0 Å². The van der Waals surface area contributed by atoms with Gasteiger partial charge in [-0.05, 0) is 62.3 Å². The molecule has 0 radical (unpaired) electrons. The van der Waals surface area contributed by atoms with Crippen molar-refractivity contribution in [2.45, 2.75) is 19.8 Å². The van der Waals surface area contributed by atoms with Gasteiger partial charge in [-0.1, -0.05) is 61.5 Å². The Morgan fingerprint density at radius 3 is 1.39 bits per heavy atom. The van der Waals surface area contributed by atoms with E-state index in [1.54, 1.807) is 0 Å². The van der Waals surface area contributed by atoms with Gasteiger partial charge >= 0.3 is 0 Å². The highest BCUT2D eigenvalue weighted by Crippen LogP contribution is 2.55. The number of halogens is 2. The molecule has 0 spiro atoms. The molecule has 0 heterocycles. The quantitative estimate of drug-likeness (QED) is 0.334. The maximum absolute atomic E-state index is 3.58. The van der Waals surface area contributed by atoms with Crippen LogP contribution in [0.4, 0.5) is 0 Å². The van der Waals surface area contributed by atoms with E-state index in [2.05, 4.69) is 103 Å². The largest absolute Gasteiger partial charge is 1.00 e. The fourth-order valence-electron chi connectivity index (χ4n) is 3.62. The van der Waals surface area contributed by atoms with Crippen LogP contribution >= 0.6 is 24.2 Å². The summed E-state index contributed by atoms with van der Waals surface area (Å²) in [5.74, 6) is 0. The summed E-state index contributed by atoms with van der Waals surface area (Å²) in [6, 6.07) is 33.4. The summed E-state index contributed by atoms with van der Waals surface area (Å²) in [5, 5.41) is 8.02. The fourth-order valence-corrected chi connectivity index (χ4v) is 7.97. The summed E-state index contributed by atoms with van der Waals surface area (Å²) in [7, 11) is -1.64. The van der Waals surface area contributed by atoms with E-state index in [1.807, 2.05) is 0 Å². The molecule has 28 heavy (non-hydrogen) atoms. The molecule has 0 aromatic heterocycles. The maximum Gasteiger partial charge on any atom is 0.112 e. The van der Waals surface area contributed by atoms with E-state index < -0.39 is 7.26 Å². The third-order valence-corrected chi connectivity index (χ3v) is 9.39. The van der Waals surface area contributed by atoms with Gasteiger partial charge in [0.05, 0.1) is 6.16 Å². The fraction of sp³-hybridized carbons (Fsp3) is 0.250. The molecule has 1 nitrogen and oxygen atoms in total. The summed E-state index contributed by atoms with van der Waals surface area (Å²) in [6.07, 6.45) is 3.57. The molecule has 0 saturated heterocycles. The minimum Gasteiger partial charge on any atom is -1.00 e. The zero-order valence-corrected chi connectivity index (χ0v) is 20.6. The Balaban J connectivity index is 0.00000196. The lowest BCUT2D eigenvalue weighted by molar-refractivity contribution is -0.00000532. The monoisotopic (exact) mass is 521 g/mol. The molecule has 0 aliphatic heterocycles. The summed E-state index contributed by atoms with van der Waals surface area (Å²) in [4.78, 5) is 0. The molecule has 0 bridgehead atoms. The maximum atomic E-state index is 3.58. The molecule has 4 heteroatoms. The Bertz CT molecular complexity index is 670. The van der Waals surface area contributed by atoms with Gasteiger partial charge in [0.2, 0.25) is 0 Å². The molecule has 0 unspecified atom stereocenters. The van der Waals surface area contributed by atoms with Crippen LogP contribution < -0.4 is 38.2 Å². The van der Waals surface area contributed by atoms with Crippen LogP contribution in [0.3, 0.4) is 0 Å². The summed E-state index contributed by atoms with van der Waals surface area (Å²) in [6.45, 7) is 4.41. The highest BCUT2D eigenvalue weighted by atomic mass is 79.9. The van der Waals surface area contributed by atoms with Crippen LogP contribution in [0.1, 0.15) is 19.8 Å². The van der Waals surface area contributed by atoms with E-state index in [1.165, 1.54) is 34.9 Å². The molecule has 0 aliphatic rings. The molecular formula is C24H30Br2NP. The van der Waals surface area contributed by atoms with Gasteiger partial charge in [0.15, 0.2) is 0 Å². The van der Waals surface area contributed by atoms with Gasteiger partial charge in [0.25, 0.3) is 0 Å². The second-order valence-corrected chi connectivity index (χ2v) is 10.3. The van der Waals surface area contributed by atoms with Crippen molar-refractivity contribution in [1.29, 1.82) is 0 Å². The first kappa shape index (κ1) is 25.0. The van der Waals surface area contributed by atoms with Gasteiger partial charge in [-0.25, -0.2) is 0 Å². The Morgan fingerprint density at radius 2 is 1.04 bits per heavy atom. The zero-order chi connectivity index (χ0) is 18.1. The van der Waals surface area contributed by atoms with Crippen molar-refractivity contribution in [2.75, 3.05) is 19.3 Å². The predicted octanol–water partition coefficient (Wildman–Crippen LogP) is 1.95. The van der Waals surface area contributed by atoms with E-state index in [0.717, 1.165) is 13.1 Å². The molecule has 3 rings (SSSR count). The van der Waals surface area contributed by atoms with Crippen molar-refractivity contribution in [3.05, 3.63) is 91.0 Å². The Hall–Kier alpha value is -0.990. The van der Waals surface area contributed by atoms with Crippen LogP contribution in [-0.4, -0.2) is 19.3 Å². The Kier molecular flexibility index (Phi) is 11.9. The van der Waals surface area contributed by atoms with Crippen molar-refractivity contribution < 1.29 is 17.0 Å². The van der Waals surface area contributed by atoms with Crippen LogP contribution in [0.5, 0.6) is 0 Å².